The molecule has 0 N–H and O–H groups in total. The zero-order chi connectivity index (χ0) is 15.5. The van der Waals surface area contributed by atoms with Crippen molar-refractivity contribution < 1.29 is 26.7 Å². The van der Waals surface area contributed by atoms with Crippen LogP contribution in [0.15, 0.2) is 24.3 Å². The highest BCUT2D eigenvalue weighted by atomic mass is 19.4. The van der Waals surface area contributed by atoms with Crippen LogP contribution in [0.4, 0.5) is 22.0 Å². The molecule has 0 saturated carbocycles. The molecule has 1 fully saturated rings. The molecule has 21 heavy (non-hydrogen) atoms. The van der Waals surface area contributed by atoms with Gasteiger partial charge in [-0.1, -0.05) is 18.2 Å². The summed E-state index contributed by atoms with van der Waals surface area (Å²) in [5.41, 5.74) is 0.295. The summed E-state index contributed by atoms with van der Waals surface area (Å²) in [7, 11) is 0. The maximum Gasteiger partial charge on any atom is 0.499 e. The van der Waals surface area contributed by atoms with Crippen LogP contribution in [0.25, 0.3) is 0 Å². The highest BCUT2D eigenvalue weighted by Crippen LogP contribution is 2.38. The fourth-order valence-electron chi connectivity index (χ4n) is 1.98. The van der Waals surface area contributed by atoms with Gasteiger partial charge in [0.1, 0.15) is 5.75 Å². The van der Waals surface area contributed by atoms with Crippen molar-refractivity contribution in [1.82, 2.24) is 10.2 Å². The first-order valence-electron chi connectivity index (χ1n) is 6.37. The summed E-state index contributed by atoms with van der Waals surface area (Å²) in [4.78, 5) is 1.93. The van der Waals surface area contributed by atoms with E-state index in [1.165, 1.54) is 12.1 Å². The van der Waals surface area contributed by atoms with Crippen molar-refractivity contribution in [3.63, 3.8) is 0 Å². The molecule has 1 saturated heterocycles. The van der Waals surface area contributed by atoms with Crippen LogP contribution in [-0.2, 0) is 6.54 Å². The first kappa shape index (κ1) is 16.0. The molecule has 3 nitrogen and oxygen atoms in total. The van der Waals surface area contributed by atoms with Gasteiger partial charge in [-0.15, -0.1) is 0 Å². The summed E-state index contributed by atoms with van der Waals surface area (Å²) in [6.45, 7) is 2.79. The number of alkyl halides is 5. The van der Waals surface area contributed by atoms with Crippen molar-refractivity contribution in [2.24, 2.45) is 0 Å². The number of rotatable bonds is 4. The molecule has 1 heterocycles. The first-order chi connectivity index (χ1) is 9.79. The highest BCUT2D eigenvalue weighted by Gasteiger charge is 2.61. The van der Waals surface area contributed by atoms with E-state index >= 15 is 0 Å². The molecule has 8 heteroatoms. The van der Waals surface area contributed by atoms with Gasteiger partial charge in [0, 0.05) is 38.3 Å². The van der Waals surface area contributed by atoms with E-state index in [0.29, 0.717) is 31.7 Å². The average molecular weight is 309 g/mol. The SMILES string of the molecule is FC(F)(F)C(F)(F)Oc1ccccc1CN1CC[N]CC1. The van der Waals surface area contributed by atoms with E-state index in [9.17, 15) is 22.0 Å². The standard InChI is InChI=1S/C13H14F5N2O/c14-12(15,16)13(17,18)21-11-4-2-1-3-10(11)9-20-7-5-19-6-8-20/h1-4H,5-9H2. The molecule has 2 rings (SSSR count). The van der Waals surface area contributed by atoms with Crippen molar-refractivity contribution in [3.8, 4) is 5.75 Å². The predicted octanol–water partition coefficient (Wildman–Crippen LogP) is 2.64. The number of benzene rings is 1. The molecule has 1 aromatic carbocycles. The maximum atomic E-state index is 13.0. The number of hydrogen-bond acceptors (Lipinski definition) is 2. The summed E-state index contributed by atoms with van der Waals surface area (Å²) in [5, 5.41) is 4.14. The van der Waals surface area contributed by atoms with Gasteiger partial charge in [0.05, 0.1) is 0 Å². The molecule has 1 radical (unpaired) electrons. The number of hydrogen-bond donors (Lipinski definition) is 0. The molecular weight excluding hydrogens is 295 g/mol. The van der Waals surface area contributed by atoms with Gasteiger partial charge in [0.25, 0.3) is 0 Å². The van der Waals surface area contributed by atoms with E-state index < -0.39 is 18.0 Å². The van der Waals surface area contributed by atoms with Crippen LogP contribution in [0.5, 0.6) is 5.75 Å². The van der Waals surface area contributed by atoms with Gasteiger partial charge >= 0.3 is 12.3 Å². The lowest BCUT2D eigenvalue weighted by atomic mass is 10.1. The molecule has 0 atom stereocenters. The van der Waals surface area contributed by atoms with Gasteiger partial charge in [0.2, 0.25) is 0 Å². The second-order valence-corrected chi connectivity index (χ2v) is 4.67. The largest absolute Gasteiger partial charge is 0.499 e. The average Bonchev–Trinajstić information content (AvgIpc) is 2.40. The first-order valence-corrected chi connectivity index (χ1v) is 6.37. The van der Waals surface area contributed by atoms with Crippen molar-refractivity contribution in [2.45, 2.75) is 18.8 Å². The van der Waals surface area contributed by atoms with E-state index in [1.807, 2.05) is 4.90 Å². The molecule has 1 aliphatic heterocycles. The van der Waals surface area contributed by atoms with Gasteiger partial charge in [-0.3, -0.25) is 4.90 Å². The van der Waals surface area contributed by atoms with Crippen LogP contribution in [0.2, 0.25) is 0 Å². The second-order valence-electron chi connectivity index (χ2n) is 4.67. The Kier molecular flexibility index (Phi) is 4.67. The summed E-state index contributed by atoms with van der Waals surface area (Å²) in [5.74, 6) is -0.456. The fourth-order valence-corrected chi connectivity index (χ4v) is 1.98. The minimum absolute atomic E-state index is 0.250. The van der Waals surface area contributed by atoms with Gasteiger partial charge in [-0.05, 0) is 6.07 Å². The Morgan fingerprint density at radius 2 is 1.67 bits per heavy atom. The van der Waals surface area contributed by atoms with Crippen LogP contribution in [0.1, 0.15) is 5.56 Å². The number of piperazine rings is 1. The molecular formula is C13H14F5N2O. The maximum absolute atomic E-state index is 13.0. The second kappa shape index (κ2) is 6.15. The Bertz CT molecular complexity index is 472. The molecule has 1 aliphatic rings. The third-order valence-corrected chi connectivity index (χ3v) is 3.08. The van der Waals surface area contributed by atoms with Gasteiger partial charge < -0.3 is 4.74 Å². The summed E-state index contributed by atoms with van der Waals surface area (Å²) in [6.07, 6.45) is -11.0. The van der Waals surface area contributed by atoms with E-state index in [2.05, 4.69) is 10.1 Å². The number of ether oxygens (including phenoxy) is 1. The molecule has 0 unspecified atom stereocenters. The molecule has 0 aromatic heterocycles. The summed E-state index contributed by atoms with van der Waals surface area (Å²) >= 11 is 0. The molecule has 0 aliphatic carbocycles. The lowest BCUT2D eigenvalue weighted by molar-refractivity contribution is -0.360. The minimum atomic E-state index is -5.75. The molecule has 1 aromatic rings. The topological polar surface area (TPSA) is 26.6 Å². The lowest BCUT2D eigenvalue weighted by Gasteiger charge is -2.28. The zero-order valence-electron chi connectivity index (χ0n) is 11.0. The Labute approximate surface area is 118 Å². The molecule has 0 spiro atoms. The van der Waals surface area contributed by atoms with Gasteiger partial charge in [0.15, 0.2) is 0 Å². The van der Waals surface area contributed by atoms with Crippen molar-refractivity contribution in [3.05, 3.63) is 29.8 Å². The number of halogens is 5. The monoisotopic (exact) mass is 309 g/mol. The van der Waals surface area contributed by atoms with Crippen LogP contribution < -0.4 is 10.1 Å². The van der Waals surface area contributed by atoms with Crippen LogP contribution in [-0.4, -0.2) is 43.4 Å². The quantitative estimate of drug-likeness (QED) is 0.799. The van der Waals surface area contributed by atoms with Crippen molar-refractivity contribution >= 4 is 0 Å². The third kappa shape index (κ3) is 4.04. The minimum Gasteiger partial charge on any atom is -0.425 e. The molecule has 0 bridgehead atoms. The Morgan fingerprint density at radius 1 is 1.05 bits per heavy atom. The van der Waals surface area contributed by atoms with E-state index in [1.54, 1.807) is 6.07 Å². The Hall–Kier alpha value is -1.41. The zero-order valence-corrected chi connectivity index (χ0v) is 11.0. The van der Waals surface area contributed by atoms with Crippen LogP contribution in [0.3, 0.4) is 0 Å². The van der Waals surface area contributed by atoms with Gasteiger partial charge in [-0.2, -0.15) is 22.0 Å². The lowest BCUT2D eigenvalue weighted by Crippen LogP contribution is -2.42. The van der Waals surface area contributed by atoms with E-state index in [4.69, 9.17) is 0 Å². The Morgan fingerprint density at radius 3 is 2.29 bits per heavy atom. The summed E-state index contributed by atoms with van der Waals surface area (Å²) in [6, 6.07) is 5.52. The van der Waals surface area contributed by atoms with E-state index in [0.717, 1.165) is 6.07 Å². The smallest absolute Gasteiger partial charge is 0.425 e. The van der Waals surface area contributed by atoms with Crippen LogP contribution >= 0.6 is 0 Å². The van der Waals surface area contributed by atoms with E-state index in [-0.39, 0.29) is 6.54 Å². The number of para-hydroxylation sites is 1. The Balaban J connectivity index is 2.13. The van der Waals surface area contributed by atoms with Crippen molar-refractivity contribution in [1.29, 1.82) is 0 Å². The van der Waals surface area contributed by atoms with Crippen molar-refractivity contribution in [2.75, 3.05) is 26.2 Å². The summed E-state index contributed by atoms with van der Waals surface area (Å²) < 4.78 is 66.6. The van der Waals surface area contributed by atoms with Gasteiger partial charge in [-0.25, -0.2) is 5.32 Å². The highest BCUT2D eigenvalue weighted by molar-refractivity contribution is 5.33. The third-order valence-electron chi connectivity index (χ3n) is 3.08. The normalized spacial score (nSPS) is 17.8. The number of nitrogens with zero attached hydrogens (tertiary/aromatic N) is 2. The molecule has 117 valence electrons. The fraction of sp³-hybridized carbons (Fsp3) is 0.538. The predicted molar refractivity (Wildman–Crippen MR) is 65.2 cm³/mol. The van der Waals surface area contributed by atoms with Crippen LogP contribution in [0, 0.1) is 0 Å². The molecule has 0 amide bonds.